The highest BCUT2D eigenvalue weighted by Crippen LogP contribution is 2.35. The standard InChI is InChI=1S/C11H16N4O3S2/c1-7(2)6-15-10(9-8(18-3)4-5-19-9)13-14-11(15)20(12,16)17/h4-5,7H,6H2,1-3H3,(H2,12,16,17). The zero-order valence-corrected chi connectivity index (χ0v) is 13.0. The van der Waals surface area contributed by atoms with Gasteiger partial charge in [0.15, 0.2) is 5.82 Å². The maximum absolute atomic E-state index is 11.6. The Balaban J connectivity index is 2.62. The van der Waals surface area contributed by atoms with Gasteiger partial charge in [-0.15, -0.1) is 21.5 Å². The number of methoxy groups -OCH3 is 1. The van der Waals surface area contributed by atoms with Crippen LogP contribution < -0.4 is 9.88 Å². The summed E-state index contributed by atoms with van der Waals surface area (Å²) in [7, 11) is -2.36. The van der Waals surface area contributed by atoms with Crippen molar-refractivity contribution >= 4 is 21.4 Å². The van der Waals surface area contributed by atoms with Gasteiger partial charge in [0.25, 0.3) is 15.2 Å². The van der Waals surface area contributed by atoms with Crippen LogP contribution in [0.4, 0.5) is 0 Å². The highest BCUT2D eigenvalue weighted by atomic mass is 32.2. The molecule has 2 heterocycles. The molecule has 0 amide bonds. The van der Waals surface area contributed by atoms with Crippen molar-refractivity contribution < 1.29 is 13.2 Å². The van der Waals surface area contributed by atoms with Gasteiger partial charge in [0.05, 0.1) is 7.11 Å². The Morgan fingerprint density at radius 3 is 2.70 bits per heavy atom. The van der Waals surface area contributed by atoms with Crippen molar-refractivity contribution in [2.75, 3.05) is 7.11 Å². The third-order valence-electron chi connectivity index (χ3n) is 2.57. The fourth-order valence-electron chi connectivity index (χ4n) is 1.82. The van der Waals surface area contributed by atoms with E-state index in [2.05, 4.69) is 10.2 Å². The molecule has 9 heteroatoms. The minimum absolute atomic E-state index is 0.219. The number of primary sulfonamides is 1. The van der Waals surface area contributed by atoms with Crippen molar-refractivity contribution in [3.8, 4) is 16.5 Å². The van der Waals surface area contributed by atoms with E-state index in [0.717, 1.165) is 4.88 Å². The topological polar surface area (TPSA) is 100 Å². The Hall–Kier alpha value is -1.45. The van der Waals surface area contributed by atoms with E-state index in [0.29, 0.717) is 18.1 Å². The van der Waals surface area contributed by atoms with Crippen LogP contribution in [-0.4, -0.2) is 30.3 Å². The van der Waals surface area contributed by atoms with Gasteiger partial charge in [0.2, 0.25) is 0 Å². The highest BCUT2D eigenvalue weighted by molar-refractivity contribution is 7.89. The van der Waals surface area contributed by atoms with Crippen molar-refractivity contribution in [2.24, 2.45) is 11.1 Å². The monoisotopic (exact) mass is 316 g/mol. The van der Waals surface area contributed by atoms with E-state index in [-0.39, 0.29) is 11.1 Å². The molecule has 0 atom stereocenters. The predicted octanol–water partition coefficient (Wildman–Crippen LogP) is 1.32. The lowest BCUT2D eigenvalue weighted by molar-refractivity contribution is 0.417. The summed E-state index contributed by atoms with van der Waals surface area (Å²) in [5.74, 6) is 1.30. The van der Waals surface area contributed by atoms with Crippen LogP contribution in [-0.2, 0) is 16.6 Å². The van der Waals surface area contributed by atoms with Crippen LogP contribution in [0.3, 0.4) is 0 Å². The quantitative estimate of drug-likeness (QED) is 0.896. The number of nitrogens with two attached hydrogens (primary N) is 1. The van der Waals surface area contributed by atoms with Crippen molar-refractivity contribution in [3.63, 3.8) is 0 Å². The molecule has 20 heavy (non-hydrogen) atoms. The van der Waals surface area contributed by atoms with E-state index < -0.39 is 10.0 Å². The van der Waals surface area contributed by atoms with E-state index in [9.17, 15) is 8.42 Å². The fourth-order valence-corrected chi connectivity index (χ4v) is 3.29. The second kappa shape index (κ2) is 5.51. The van der Waals surface area contributed by atoms with Crippen molar-refractivity contribution in [1.29, 1.82) is 0 Å². The third kappa shape index (κ3) is 2.84. The summed E-state index contributed by atoms with van der Waals surface area (Å²) >= 11 is 1.41. The first-order chi connectivity index (χ1) is 9.34. The van der Waals surface area contributed by atoms with Gasteiger partial charge in [-0.25, -0.2) is 13.6 Å². The Morgan fingerprint density at radius 1 is 1.45 bits per heavy atom. The Labute approximate surface area is 121 Å². The Morgan fingerprint density at radius 2 is 2.15 bits per heavy atom. The lowest BCUT2D eigenvalue weighted by Gasteiger charge is -2.11. The summed E-state index contributed by atoms with van der Waals surface area (Å²) in [4.78, 5) is 0.732. The van der Waals surface area contributed by atoms with Gasteiger partial charge in [-0.05, 0) is 17.4 Å². The largest absolute Gasteiger partial charge is 0.495 e. The Kier molecular flexibility index (Phi) is 4.11. The number of rotatable bonds is 5. The molecule has 0 unspecified atom stereocenters. The number of thiophene rings is 1. The van der Waals surface area contributed by atoms with Crippen LogP contribution in [0, 0.1) is 5.92 Å². The lowest BCUT2D eigenvalue weighted by Crippen LogP contribution is -2.20. The molecule has 0 aromatic carbocycles. The highest BCUT2D eigenvalue weighted by Gasteiger charge is 2.24. The van der Waals surface area contributed by atoms with Gasteiger partial charge < -0.3 is 4.74 Å². The van der Waals surface area contributed by atoms with Crippen LogP contribution in [0.2, 0.25) is 0 Å². The van der Waals surface area contributed by atoms with Crippen molar-refractivity contribution in [1.82, 2.24) is 14.8 Å². The molecule has 0 spiro atoms. The summed E-state index contributed by atoms with van der Waals surface area (Å²) in [6.45, 7) is 4.40. The molecule has 2 rings (SSSR count). The minimum Gasteiger partial charge on any atom is -0.495 e. The molecule has 0 aliphatic rings. The van der Waals surface area contributed by atoms with Gasteiger partial charge >= 0.3 is 0 Å². The zero-order valence-electron chi connectivity index (χ0n) is 11.4. The molecule has 0 radical (unpaired) electrons. The second-order valence-corrected chi connectivity index (χ2v) is 7.05. The smallest absolute Gasteiger partial charge is 0.273 e. The molecule has 2 N–H and O–H groups in total. The number of ether oxygens (including phenoxy) is 1. The molecule has 0 aliphatic carbocycles. The first-order valence-corrected chi connectivity index (χ1v) is 8.35. The fraction of sp³-hybridized carbons (Fsp3) is 0.455. The summed E-state index contributed by atoms with van der Waals surface area (Å²) in [5.41, 5.74) is 0. The molecule has 2 aromatic heterocycles. The van der Waals surface area contributed by atoms with E-state index in [1.807, 2.05) is 19.2 Å². The molecule has 0 fully saturated rings. The molecular formula is C11H16N4O3S2. The molecule has 0 bridgehead atoms. The van der Waals surface area contributed by atoms with E-state index >= 15 is 0 Å². The third-order valence-corrected chi connectivity index (χ3v) is 4.27. The maximum atomic E-state index is 11.6. The average molecular weight is 316 g/mol. The molecule has 110 valence electrons. The number of hydrogen-bond donors (Lipinski definition) is 1. The van der Waals surface area contributed by atoms with Gasteiger partial charge in [-0.1, -0.05) is 13.8 Å². The molecule has 0 aliphatic heterocycles. The van der Waals surface area contributed by atoms with E-state index in [1.165, 1.54) is 15.9 Å². The van der Waals surface area contributed by atoms with Crippen LogP contribution in [0.15, 0.2) is 16.6 Å². The molecule has 0 saturated heterocycles. The van der Waals surface area contributed by atoms with Crippen molar-refractivity contribution in [2.45, 2.75) is 25.5 Å². The summed E-state index contributed by atoms with van der Waals surface area (Å²) < 4.78 is 30.0. The van der Waals surface area contributed by atoms with E-state index in [4.69, 9.17) is 9.88 Å². The number of hydrogen-bond acceptors (Lipinski definition) is 6. The van der Waals surface area contributed by atoms with Crippen LogP contribution >= 0.6 is 11.3 Å². The van der Waals surface area contributed by atoms with Gasteiger partial charge in [0, 0.05) is 6.54 Å². The zero-order chi connectivity index (χ0) is 14.9. The van der Waals surface area contributed by atoms with E-state index in [1.54, 1.807) is 13.2 Å². The summed E-state index contributed by atoms with van der Waals surface area (Å²) in [5, 5.41) is 14.5. The predicted molar refractivity (Wildman–Crippen MR) is 76.1 cm³/mol. The first-order valence-electron chi connectivity index (χ1n) is 5.92. The van der Waals surface area contributed by atoms with Gasteiger partial charge in [0.1, 0.15) is 10.6 Å². The maximum Gasteiger partial charge on any atom is 0.273 e. The van der Waals surface area contributed by atoms with Crippen LogP contribution in [0.5, 0.6) is 5.75 Å². The summed E-state index contributed by atoms with van der Waals surface area (Å²) in [6, 6.07) is 1.80. The molecule has 2 aromatic rings. The van der Waals surface area contributed by atoms with Gasteiger partial charge in [-0.2, -0.15) is 0 Å². The molecular weight excluding hydrogens is 300 g/mol. The SMILES string of the molecule is COc1ccsc1-c1nnc(S(N)(=O)=O)n1CC(C)C. The normalized spacial score (nSPS) is 12.1. The number of aromatic nitrogens is 3. The number of nitrogens with zero attached hydrogens (tertiary/aromatic N) is 3. The molecule has 0 saturated carbocycles. The lowest BCUT2D eigenvalue weighted by atomic mass is 10.2. The first kappa shape index (κ1) is 14.9. The Bertz CT molecular complexity index is 703. The average Bonchev–Trinajstić information content (AvgIpc) is 2.92. The minimum atomic E-state index is -3.92. The van der Waals surface area contributed by atoms with Crippen LogP contribution in [0.25, 0.3) is 10.7 Å². The molecule has 7 nitrogen and oxygen atoms in total. The van der Waals surface area contributed by atoms with Crippen molar-refractivity contribution in [3.05, 3.63) is 11.4 Å². The number of sulfonamides is 1. The van der Waals surface area contributed by atoms with Gasteiger partial charge in [-0.3, -0.25) is 4.57 Å². The van der Waals surface area contributed by atoms with Crippen LogP contribution in [0.1, 0.15) is 13.8 Å². The second-order valence-electron chi connectivity index (χ2n) is 4.67. The summed E-state index contributed by atoms with van der Waals surface area (Å²) in [6.07, 6.45) is 0.